The summed E-state index contributed by atoms with van der Waals surface area (Å²) in [6.45, 7) is 0. The number of carbonyl (C=O) groups is 2. The summed E-state index contributed by atoms with van der Waals surface area (Å²) < 4.78 is 14.9. The summed E-state index contributed by atoms with van der Waals surface area (Å²) in [5.74, 6) is -1.65. The van der Waals surface area contributed by atoms with E-state index in [0.717, 1.165) is 0 Å². The van der Waals surface area contributed by atoms with E-state index in [1.807, 2.05) is 0 Å². The van der Waals surface area contributed by atoms with Crippen LogP contribution in [0, 0.1) is 5.82 Å². The van der Waals surface area contributed by atoms with Crippen LogP contribution >= 0.6 is 0 Å². The molecule has 0 saturated carbocycles. The van der Waals surface area contributed by atoms with Crippen molar-refractivity contribution in [3.8, 4) is 11.3 Å². The molecule has 4 aromatic rings. The van der Waals surface area contributed by atoms with Crippen molar-refractivity contribution >= 4 is 17.2 Å². The average molecular weight is 344 g/mol. The summed E-state index contributed by atoms with van der Waals surface area (Å²) in [5, 5.41) is 0. The Morgan fingerprint density at radius 3 is 2.23 bits per heavy atom. The second-order valence-corrected chi connectivity index (χ2v) is 5.77. The van der Waals surface area contributed by atoms with Gasteiger partial charge in [-0.2, -0.15) is 0 Å². The SMILES string of the molecule is O=C(C(=O)c1c(-c2ccc(F)cc2)nc2ccccn12)c1ccccc1. The number of rotatable bonds is 4. The van der Waals surface area contributed by atoms with Gasteiger partial charge in [-0.1, -0.05) is 36.4 Å². The van der Waals surface area contributed by atoms with Crippen LogP contribution in [0.2, 0.25) is 0 Å². The van der Waals surface area contributed by atoms with Gasteiger partial charge in [-0.05, 0) is 36.4 Å². The molecule has 0 fully saturated rings. The molecular weight excluding hydrogens is 331 g/mol. The highest BCUT2D eigenvalue weighted by Gasteiger charge is 2.26. The maximum absolute atomic E-state index is 13.3. The molecule has 0 unspecified atom stereocenters. The Bertz CT molecular complexity index is 1120. The van der Waals surface area contributed by atoms with Crippen LogP contribution in [0.15, 0.2) is 79.0 Å². The number of imidazole rings is 1. The lowest BCUT2D eigenvalue weighted by Crippen LogP contribution is -2.17. The average Bonchev–Trinajstić information content (AvgIpc) is 3.07. The summed E-state index contributed by atoms with van der Waals surface area (Å²) in [6.07, 6.45) is 1.68. The molecule has 4 nitrogen and oxygen atoms in total. The maximum Gasteiger partial charge on any atom is 0.252 e. The van der Waals surface area contributed by atoms with Gasteiger partial charge in [-0.15, -0.1) is 0 Å². The number of Topliss-reactive ketones (excluding diaryl/α,β-unsaturated/α-hetero) is 2. The number of fused-ring (bicyclic) bond motifs is 1. The Labute approximate surface area is 148 Å². The topological polar surface area (TPSA) is 51.4 Å². The number of ketones is 2. The summed E-state index contributed by atoms with van der Waals surface area (Å²) in [5.41, 5.74) is 1.94. The Hall–Kier alpha value is -3.60. The van der Waals surface area contributed by atoms with Crippen LogP contribution in [0.3, 0.4) is 0 Å². The first-order chi connectivity index (χ1) is 12.6. The Kier molecular flexibility index (Phi) is 3.89. The van der Waals surface area contributed by atoms with Gasteiger partial charge in [0, 0.05) is 17.3 Å². The highest BCUT2D eigenvalue weighted by Crippen LogP contribution is 2.26. The van der Waals surface area contributed by atoms with Crippen LogP contribution in [0.1, 0.15) is 20.8 Å². The number of halogens is 1. The Morgan fingerprint density at radius 2 is 1.50 bits per heavy atom. The molecule has 2 aromatic heterocycles. The van der Waals surface area contributed by atoms with Crippen molar-refractivity contribution < 1.29 is 14.0 Å². The molecule has 0 aliphatic carbocycles. The van der Waals surface area contributed by atoms with Crippen molar-refractivity contribution in [2.24, 2.45) is 0 Å². The zero-order valence-electron chi connectivity index (χ0n) is 13.6. The van der Waals surface area contributed by atoms with Crippen LogP contribution in [0.5, 0.6) is 0 Å². The largest absolute Gasteiger partial charge is 0.296 e. The van der Waals surface area contributed by atoms with E-state index in [-0.39, 0.29) is 11.5 Å². The fourth-order valence-corrected chi connectivity index (χ4v) is 2.85. The molecule has 26 heavy (non-hydrogen) atoms. The molecule has 2 aromatic carbocycles. The van der Waals surface area contributed by atoms with Crippen molar-refractivity contribution in [3.63, 3.8) is 0 Å². The molecule has 0 atom stereocenters. The Morgan fingerprint density at radius 1 is 0.808 bits per heavy atom. The van der Waals surface area contributed by atoms with Crippen LogP contribution in [-0.2, 0) is 0 Å². The summed E-state index contributed by atoms with van der Waals surface area (Å²) >= 11 is 0. The molecule has 0 N–H and O–H groups in total. The highest BCUT2D eigenvalue weighted by molar-refractivity contribution is 6.49. The number of hydrogen-bond donors (Lipinski definition) is 0. The van der Waals surface area contributed by atoms with E-state index in [2.05, 4.69) is 4.98 Å². The molecule has 4 rings (SSSR count). The monoisotopic (exact) mass is 344 g/mol. The first-order valence-corrected chi connectivity index (χ1v) is 8.02. The molecule has 2 heterocycles. The maximum atomic E-state index is 13.3. The van der Waals surface area contributed by atoms with Crippen molar-refractivity contribution in [1.82, 2.24) is 9.38 Å². The lowest BCUT2D eigenvalue weighted by molar-refractivity contribution is 0.0814. The third kappa shape index (κ3) is 2.69. The molecule has 0 amide bonds. The summed E-state index contributed by atoms with van der Waals surface area (Å²) in [4.78, 5) is 30.1. The van der Waals surface area contributed by atoms with Crippen LogP contribution in [0.25, 0.3) is 16.9 Å². The molecule has 5 heteroatoms. The zero-order valence-corrected chi connectivity index (χ0v) is 13.6. The predicted molar refractivity (Wildman–Crippen MR) is 95.7 cm³/mol. The van der Waals surface area contributed by atoms with Gasteiger partial charge in [0.25, 0.3) is 5.78 Å². The number of carbonyl (C=O) groups excluding carboxylic acids is 2. The number of nitrogens with zero attached hydrogens (tertiary/aromatic N) is 2. The molecule has 126 valence electrons. The minimum Gasteiger partial charge on any atom is -0.296 e. The van der Waals surface area contributed by atoms with E-state index >= 15 is 0 Å². The van der Waals surface area contributed by atoms with Gasteiger partial charge >= 0.3 is 0 Å². The van der Waals surface area contributed by atoms with E-state index in [9.17, 15) is 14.0 Å². The number of benzene rings is 2. The smallest absolute Gasteiger partial charge is 0.252 e. The summed E-state index contributed by atoms with van der Waals surface area (Å²) in [7, 11) is 0. The lowest BCUT2D eigenvalue weighted by Gasteiger charge is -2.04. The second-order valence-electron chi connectivity index (χ2n) is 5.77. The molecule has 0 saturated heterocycles. The van der Waals surface area contributed by atoms with Gasteiger partial charge in [0.1, 0.15) is 22.9 Å². The van der Waals surface area contributed by atoms with Gasteiger partial charge in [0.2, 0.25) is 5.78 Å². The van der Waals surface area contributed by atoms with E-state index in [1.54, 1.807) is 71.3 Å². The van der Waals surface area contributed by atoms with Crippen LogP contribution < -0.4 is 0 Å². The minimum absolute atomic E-state index is 0.168. The molecule has 0 radical (unpaired) electrons. The first-order valence-electron chi connectivity index (χ1n) is 8.02. The second kappa shape index (κ2) is 6.37. The van der Waals surface area contributed by atoms with Gasteiger partial charge in [-0.25, -0.2) is 9.37 Å². The number of pyridine rings is 1. The fraction of sp³-hybridized carbons (Fsp3) is 0. The molecule has 0 aliphatic heterocycles. The molecule has 0 bridgehead atoms. The molecule has 0 aliphatic rings. The minimum atomic E-state index is -0.658. The quantitative estimate of drug-likeness (QED) is 0.412. The van der Waals surface area contributed by atoms with Gasteiger partial charge in [0.15, 0.2) is 0 Å². The standard InChI is InChI=1S/C21H13FN2O2/c22-16-11-9-14(10-12-16)18-19(24-13-5-4-8-17(24)23-18)21(26)20(25)15-6-2-1-3-7-15/h1-13H. The number of aromatic nitrogens is 2. The lowest BCUT2D eigenvalue weighted by atomic mass is 10.0. The van der Waals surface area contributed by atoms with Crippen LogP contribution in [0.4, 0.5) is 4.39 Å². The van der Waals surface area contributed by atoms with E-state index in [4.69, 9.17) is 0 Å². The third-order valence-corrected chi connectivity index (χ3v) is 4.10. The van der Waals surface area contributed by atoms with Gasteiger partial charge < -0.3 is 0 Å². The van der Waals surface area contributed by atoms with Crippen molar-refractivity contribution in [1.29, 1.82) is 0 Å². The van der Waals surface area contributed by atoms with Crippen molar-refractivity contribution in [2.45, 2.75) is 0 Å². The zero-order chi connectivity index (χ0) is 18.1. The molecule has 0 spiro atoms. The normalized spacial score (nSPS) is 10.8. The first kappa shape index (κ1) is 15.9. The van der Waals surface area contributed by atoms with E-state index < -0.39 is 11.6 Å². The third-order valence-electron chi connectivity index (χ3n) is 4.10. The number of hydrogen-bond acceptors (Lipinski definition) is 3. The van der Waals surface area contributed by atoms with E-state index in [1.165, 1.54) is 12.1 Å². The van der Waals surface area contributed by atoms with Gasteiger partial charge in [0.05, 0.1) is 0 Å². The van der Waals surface area contributed by atoms with Crippen LogP contribution in [-0.4, -0.2) is 21.0 Å². The summed E-state index contributed by atoms with van der Waals surface area (Å²) in [6, 6.07) is 19.4. The fourth-order valence-electron chi connectivity index (χ4n) is 2.85. The predicted octanol–water partition coefficient (Wildman–Crippen LogP) is 4.21. The van der Waals surface area contributed by atoms with Gasteiger partial charge in [-0.3, -0.25) is 14.0 Å². The van der Waals surface area contributed by atoms with Crippen molar-refractivity contribution in [2.75, 3.05) is 0 Å². The van der Waals surface area contributed by atoms with E-state index in [0.29, 0.717) is 22.5 Å². The van der Waals surface area contributed by atoms with Crippen molar-refractivity contribution in [3.05, 3.63) is 96.1 Å². The highest BCUT2D eigenvalue weighted by atomic mass is 19.1. The molecular formula is C21H13FN2O2. The Balaban J connectivity index is 1.90.